The van der Waals surface area contributed by atoms with Crippen molar-refractivity contribution < 1.29 is 0 Å². The second-order valence-electron chi connectivity index (χ2n) is 4.32. The van der Waals surface area contributed by atoms with Crippen LogP contribution >= 0.6 is 0 Å². The van der Waals surface area contributed by atoms with Gasteiger partial charge in [0, 0.05) is 6.54 Å². The van der Waals surface area contributed by atoms with E-state index in [0.29, 0.717) is 5.92 Å². The number of hydrogen-bond donors (Lipinski definition) is 1. The minimum absolute atomic E-state index is 0.0282. The molecule has 1 unspecified atom stereocenters. The molecule has 0 amide bonds. The molecule has 2 heteroatoms. The minimum atomic E-state index is 0.0282. The van der Waals surface area contributed by atoms with Crippen LogP contribution in [0.2, 0.25) is 0 Å². The summed E-state index contributed by atoms with van der Waals surface area (Å²) in [6, 6.07) is 2.39. The zero-order valence-corrected chi connectivity index (χ0v) is 9.00. The molecule has 0 spiro atoms. The van der Waals surface area contributed by atoms with E-state index in [9.17, 15) is 0 Å². The van der Waals surface area contributed by atoms with Crippen LogP contribution in [0, 0.1) is 23.2 Å². The summed E-state index contributed by atoms with van der Waals surface area (Å²) in [5, 5.41) is 12.2. The second-order valence-corrected chi connectivity index (χ2v) is 4.32. The summed E-state index contributed by atoms with van der Waals surface area (Å²) in [7, 11) is 0. The van der Waals surface area contributed by atoms with Gasteiger partial charge < -0.3 is 0 Å². The van der Waals surface area contributed by atoms with Crippen LogP contribution in [0.4, 0.5) is 0 Å². The maximum atomic E-state index is 9.02. The first-order valence-electron chi connectivity index (χ1n) is 5.51. The molecule has 0 aromatic heterocycles. The van der Waals surface area contributed by atoms with Gasteiger partial charge in [-0.2, -0.15) is 5.26 Å². The number of nitriles is 1. The number of hydrogen-bond acceptors (Lipinski definition) is 2. The van der Waals surface area contributed by atoms with Crippen molar-refractivity contribution in [1.29, 1.82) is 5.26 Å². The molecule has 1 fully saturated rings. The Morgan fingerprint density at radius 2 is 2.14 bits per heavy atom. The summed E-state index contributed by atoms with van der Waals surface area (Å²) >= 11 is 0. The van der Waals surface area contributed by atoms with Gasteiger partial charge >= 0.3 is 0 Å². The van der Waals surface area contributed by atoms with Crippen molar-refractivity contribution in [2.45, 2.75) is 38.6 Å². The van der Waals surface area contributed by atoms with E-state index in [-0.39, 0.29) is 6.04 Å². The Bertz CT molecular complexity index is 209. The van der Waals surface area contributed by atoms with E-state index >= 15 is 0 Å². The van der Waals surface area contributed by atoms with Crippen molar-refractivity contribution in [1.82, 2.24) is 5.32 Å². The topological polar surface area (TPSA) is 35.8 Å². The maximum absolute atomic E-state index is 9.02. The molecular weight excluding hydrogens is 172 g/mol. The second kappa shape index (κ2) is 5.82. The molecule has 14 heavy (non-hydrogen) atoms. The van der Waals surface area contributed by atoms with Crippen LogP contribution in [0.15, 0.2) is 12.7 Å². The smallest absolute Gasteiger partial charge is 0.0983 e. The van der Waals surface area contributed by atoms with Crippen molar-refractivity contribution in [3.8, 4) is 6.07 Å². The number of nitrogens with zero attached hydrogens (tertiary/aromatic N) is 1. The Kier molecular flexibility index (Phi) is 4.69. The minimum Gasteiger partial charge on any atom is -0.298 e. The van der Waals surface area contributed by atoms with Crippen molar-refractivity contribution in [3.63, 3.8) is 0 Å². The van der Waals surface area contributed by atoms with Crippen LogP contribution in [-0.4, -0.2) is 12.6 Å². The summed E-state index contributed by atoms with van der Waals surface area (Å²) in [4.78, 5) is 0. The fourth-order valence-electron chi connectivity index (χ4n) is 2.15. The average Bonchev–Trinajstić information content (AvgIpc) is 2.21. The van der Waals surface area contributed by atoms with Gasteiger partial charge in [0.25, 0.3) is 0 Å². The summed E-state index contributed by atoms with van der Waals surface area (Å²) in [5.74, 6) is 1.40. The van der Waals surface area contributed by atoms with E-state index in [1.54, 1.807) is 0 Å². The van der Waals surface area contributed by atoms with Crippen LogP contribution in [-0.2, 0) is 0 Å². The Morgan fingerprint density at radius 1 is 1.50 bits per heavy atom. The van der Waals surface area contributed by atoms with E-state index < -0.39 is 0 Å². The quantitative estimate of drug-likeness (QED) is 0.695. The Balaban J connectivity index is 2.37. The van der Waals surface area contributed by atoms with Gasteiger partial charge in [0.15, 0.2) is 0 Å². The zero-order chi connectivity index (χ0) is 10.4. The predicted octanol–water partition coefficient (Wildman–Crippen LogP) is 2.48. The molecule has 0 radical (unpaired) electrons. The van der Waals surface area contributed by atoms with Crippen LogP contribution in [0.3, 0.4) is 0 Å². The first kappa shape index (κ1) is 11.3. The normalized spacial score (nSPS) is 29.1. The molecule has 1 N–H and O–H groups in total. The highest BCUT2D eigenvalue weighted by molar-refractivity contribution is 4.97. The Morgan fingerprint density at radius 3 is 2.64 bits per heavy atom. The molecular formula is C12H20N2. The average molecular weight is 192 g/mol. The summed E-state index contributed by atoms with van der Waals surface area (Å²) in [6.45, 7) is 6.69. The molecule has 1 atom stereocenters. The number of nitrogens with one attached hydrogen (secondary N) is 1. The van der Waals surface area contributed by atoms with Gasteiger partial charge in [-0.05, 0) is 24.7 Å². The number of rotatable bonds is 4. The summed E-state index contributed by atoms with van der Waals surface area (Å²) in [5.41, 5.74) is 0. The third-order valence-corrected chi connectivity index (χ3v) is 3.15. The molecule has 0 aromatic rings. The van der Waals surface area contributed by atoms with E-state index in [1.165, 1.54) is 25.7 Å². The van der Waals surface area contributed by atoms with Crippen LogP contribution < -0.4 is 5.32 Å². The lowest BCUT2D eigenvalue weighted by molar-refractivity contribution is 0.259. The molecule has 1 aliphatic rings. The third-order valence-electron chi connectivity index (χ3n) is 3.15. The lowest BCUT2D eigenvalue weighted by Crippen LogP contribution is -2.36. The first-order valence-corrected chi connectivity index (χ1v) is 5.51. The third kappa shape index (κ3) is 3.16. The molecule has 0 heterocycles. The van der Waals surface area contributed by atoms with Gasteiger partial charge in [-0.25, -0.2) is 0 Å². The Hall–Kier alpha value is -0.810. The van der Waals surface area contributed by atoms with Gasteiger partial charge in [-0.3, -0.25) is 5.32 Å². The molecule has 0 saturated heterocycles. The highest BCUT2D eigenvalue weighted by atomic mass is 14.9. The predicted molar refractivity (Wildman–Crippen MR) is 58.7 cm³/mol. The maximum Gasteiger partial charge on any atom is 0.0983 e. The molecule has 0 bridgehead atoms. The van der Waals surface area contributed by atoms with E-state index in [1.807, 2.05) is 6.08 Å². The standard InChI is InChI=1S/C12H20N2/c1-3-8-14-12(9-13)11-6-4-10(2)5-7-11/h3,10-12,14H,1,4-8H2,2H3. The molecule has 2 nitrogen and oxygen atoms in total. The van der Waals surface area contributed by atoms with E-state index in [2.05, 4.69) is 24.9 Å². The molecule has 0 aromatic carbocycles. The molecule has 1 saturated carbocycles. The molecule has 78 valence electrons. The van der Waals surface area contributed by atoms with Crippen molar-refractivity contribution in [2.75, 3.05) is 6.54 Å². The van der Waals surface area contributed by atoms with Crippen LogP contribution in [0.25, 0.3) is 0 Å². The van der Waals surface area contributed by atoms with Gasteiger partial charge in [0.05, 0.1) is 12.1 Å². The first-order chi connectivity index (χ1) is 6.77. The highest BCUT2D eigenvalue weighted by Crippen LogP contribution is 2.30. The lowest BCUT2D eigenvalue weighted by atomic mass is 9.79. The molecule has 1 aliphatic carbocycles. The zero-order valence-electron chi connectivity index (χ0n) is 9.00. The van der Waals surface area contributed by atoms with E-state index in [4.69, 9.17) is 5.26 Å². The van der Waals surface area contributed by atoms with Crippen molar-refractivity contribution >= 4 is 0 Å². The molecule has 1 rings (SSSR count). The monoisotopic (exact) mass is 192 g/mol. The Labute approximate surface area is 87.0 Å². The SMILES string of the molecule is C=CCNC(C#N)C1CCC(C)CC1. The fourth-order valence-corrected chi connectivity index (χ4v) is 2.15. The van der Waals surface area contributed by atoms with Gasteiger partial charge in [-0.15, -0.1) is 6.58 Å². The lowest BCUT2D eigenvalue weighted by Gasteiger charge is -2.29. The van der Waals surface area contributed by atoms with Crippen molar-refractivity contribution in [2.24, 2.45) is 11.8 Å². The van der Waals surface area contributed by atoms with Crippen molar-refractivity contribution in [3.05, 3.63) is 12.7 Å². The van der Waals surface area contributed by atoms with Gasteiger partial charge in [0.2, 0.25) is 0 Å². The largest absolute Gasteiger partial charge is 0.298 e. The van der Waals surface area contributed by atoms with Crippen LogP contribution in [0.5, 0.6) is 0 Å². The summed E-state index contributed by atoms with van der Waals surface area (Å²) < 4.78 is 0. The molecule has 0 aliphatic heterocycles. The van der Waals surface area contributed by atoms with Gasteiger partial charge in [0.1, 0.15) is 0 Å². The van der Waals surface area contributed by atoms with Crippen LogP contribution in [0.1, 0.15) is 32.6 Å². The van der Waals surface area contributed by atoms with Gasteiger partial charge in [-0.1, -0.05) is 25.8 Å². The highest BCUT2D eigenvalue weighted by Gasteiger charge is 2.25. The summed E-state index contributed by atoms with van der Waals surface area (Å²) in [6.07, 6.45) is 6.76. The van der Waals surface area contributed by atoms with E-state index in [0.717, 1.165) is 12.5 Å². The fraction of sp³-hybridized carbons (Fsp3) is 0.750.